The Morgan fingerprint density at radius 2 is 2.00 bits per heavy atom. The average molecular weight is 490 g/mol. The van der Waals surface area contributed by atoms with Crippen molar-refractivity contribution in [2.75, 3.05) is 6.61 Å². The fraction of sp³-hybridized carbons (Fsp3) is 0.143. The van der Waals surface area contributed by atoms with E-state index in [1.54, 1.807) is 41.1 Å². The number of para-hydroxylation sites is 1. The summed E-state index contributed by atoms with van der Waals surface area (Å²) >= 11 is 9.04. The maximum atomic E-state index is 14.7. The van der Waals surface area contributed by atoms with Gasteiger partial charge in [0.2, 0.25) is 0 Å². The molecule has 0 fully saturated rings. The third-order valence-electron chi connectivity index (χ3n) is 4.26. The highest BCUT2D eigenvalue weighted by molar-refractivity contribution is 7.98. The van der Waals surface area contributed by atoms with Gasteiger partial charge in [0.05, 0.1) is 23.1 Å². The zero-order valence-electron chi connectivity index (χ0n) is 16.8. The summed E-state index contributed by atoms with van der Waals surface area (Å²) in [6.45, 7) is 2.13. The van der Waals surface area contributed by atoms with Gasteiger partial charge in [-0.1, -0.05) is 47.6 Å². The van der Waals surface area contributed by atoms with Crippen LogP contribution in [0.5, 0.6) is 0 Å². The highest BCUT2D eigenvalue weighted by Crippen LogP contribution is 2.34. The number of amides is 1. The zero-order valence-corrected chi connectivity index (χ0v) is 19.2. The maximum absolute atomic E-state index is 14.7. The first-order valence-corrected chi connectivity index (χ1v) is 11.8. The Morgan fingerprint density at radius 1 is 1.22 bits per heavy atom. The van der Waals surface area contributed by atoms with Crippen molar-refractivity contribution < 1.29 is 14.0 Å². The predicted molar refractivity (Wildman–Crippen MR) is 123 cm³/mol. The lowest BCUT2D eigenvalue weighted by Crippen LogP contribution is -2.23. The summed E-state index contributed by atoms with van der Waals surface area (Å²) in [5, 5.41) is 11.9. The molecule has 0 atom stereocenters. The van der Waals surface area contributed by atoms with Crippen LogP contribution in [0.1, 0.15) is 22.4 Å². The molecule has 164 valence electrons. The second-order valence-electron chi connectivity index (χ2n) is 6.35. The molecule has 0 spiro atoms. The number of halogens is 2. The normalized spacial score (nSPS) is 11.0. The Bertz CT molecular complexity index is 1250. The first-order valence-electron chi connectivity index (χ1n) is 9.53. The Balaban J connectivity index is 1.64. The highest BCUT2D eigenvalue weighted by atomic mass is 35.5. The molecular weight excluding hydrogens is 473 g/mol. The Kier molecular flexibility index (Phi) is 7.15. The van der Waals surface area contributed by atoms with Gasteiger partial charge in [-0.2, -0.15) is 0 Å². The minimum absolute atomic E-state index is 0.270. The van der Waals surface area contributed by atoms with Gasteiger partial charge in [-0.05, 0) is 31.2 Å². The molecule has 11 heteroatoms. The lowest BCUT2D eigenvalue weighted by atomic mass is 10.2. The van der Waals surface area contributed by atoms with Crippen molar-refractivity contribution in [2.45, 2.75) is 17.8 Å². The average Bonchev–Trinajstić information content (AvgIpc) is 3.44. The first kappa shape index (κ1) is 22.4. The lowest BCUT2D eigenvalue weighted by Gasteiger charge is -2.11. The molecular formula is C21H17ClFN5O2S2. The molecule has 4 aromatic rings. The van der Waals surface area contributed by atoms with Gasteiger partial charge in [0.15, 0.2) is 11.0 Å². The van der Waals surface area contributed by atoms with Crippen molar-refractivity contribution in [3.8, 4) is 17.1 Å². The van der Waals surface area contributed by atoms with Gasteiger partial charge in [0.1, 0.15) is 16.5 Å². The van der Waals surface area contributed by atoms with E-state index in [0.717, 1.165) is 0 Å². The fourth-order valence-electron chi connectivity index (χ4n) is 2.83. The van der Waals surface area contributed by atoms with Crippen molar-refractivity contribution in [3.63, 3.8) is 0 Å². The number of rotatable bonds is 8. The van der Waals surface area contributed by atoms with Crippen LogP contribution in [0.2, 0.25) is 5.02 Å². The van der Waals surface area contributed by atoms with Gasteiger partial charge < -0.3 is 0 Å². The van der Waals surface area contributed by atoms with Crippen LogP contribution in [0.15, 0.2) is 59.1 Å². The number of hydrogen-bond donors (Lipinski definition) is 1. The van der Waals surface area contributed by atoms with Crippen molar-refractivity contribution in [1.82, 2.24) is 25.2 Å². The van der Waals surface area contributed by atoms with E-state index in [9.17, 15) is 9.18 Å². The standard InChI is InChI=1S/C21H17ClFN5O2S2/c1-2-30-27-20(29)16-11-31-18(24-16)12-32-21-26-25-19(13-7-3-4-8-14(13)22)28(21)17-10-6-5-9-15(17)23/h3-11H,2,12H2,1H3,(H,27,29). The molecule has 7 nitrogen and oxygen atoms in total. The smallest absolute Gasteiger partial charge is 0.274 e. The van der Waals surface area contributed by atoms with E-state index in [1.165, 1.54) is 29.2 Å². The van der Waals surface area contributed by atoms with Crippen LogP contribution in [0.25, 0.3) is 17.1 Å². The minimum Gasteiger partial charge on any atom is -0.274 e. The van der Waals surface area contributed by atoms with E-state index in [1.807, 2.05) is 18.2 Å². The van der Waals surface area contributed by atoms with Gasteiger partial charge in [-0.25, -0.2) is 14.9 Å². The number of hydroxylamine groups is 1. The molecule has 0 aliphatic rings. The zero-order chi connectivity index (χ0) is 22.5. The number of aromatic nitrogens is 4. The van der Waals surface area contributed by atoms with E-state index in [0.29, 0.717) is 44.6 Å². The second kappa shape index (κ2) is 10.2. The molecule has 0 radical (unpaired) electrons. The third kappa shape index (κ3) is 4.83. The van der Waals surface area contributed by atoms with Crippen molar-refractivity contribution in [3.05, 3.63) is 75.5 Å². The molecule has 0 aliphatic carbocycles. The number of carbonyl (C=O) groups is 1. The van der Waals surface area contributed by atoms with Crippen molar-refractivity contribution in [1.29, 1.82) is 0 Å². The van der Waals surface area contributed by atoms with Gasteiger partial charge in [-0.15, -0.1) is 21.5 Å². The largest absolute Gasteiger partial charge is 0.294 e. The quantitative estimate of drug-likeness (QED) is 0.272. The predicted octanol–water partition coefficient (Wildman–Crippen LogP) is 5.16. The number of benzene rings is 2. The van der Waals surface area contributed by atoms with Gasteiger partial charge in [-0.3, -0.25) is 14.2 Å². The summed E-state index contributed by atoms with van der Waals surface area (Å²) < 4.78 is 16.3. The molecule has 0 bridgehead atoms. The molecule has 0 saturated heterocycles. The van der Waals surface area contributed by atoms with Crippen LogP contribution in [0.4, 0.5) is 4.39 Å². The molecule has 4 rings (SSSR count). The van der Waals surface area contributed by atoms with Crippen molar-refractivity contribution in [2.24, 2.45) is 0 Å². The second-order valence-corrected chi connectivity index (χ2v) is 8.64. The van der Waals surface area contributed by atoms with Gasteiger partial charge >= 0.3 is 0 Å². The molecule has 1 N–H and O–H groups in total. The molecule has 0 aliphatic heterocycles. The summed E-state index contributed by atoms with van der Waals surface area (Å²) in [4.78, 5) is 21.2. The Labute approximate surface area is 196 Å². The SMILES string of the molecule is CCONC(=O)c1csc(CSc2nnc(-c3ccccc3Cl)n2-c2ccccc2F)n1. The monoisotopic (exact) mass is 489 g/mol. The third-order valence-corrected chi connectivity index (χ3v) is 6.56. The van der Waals surface area contributed by atoms with E-state index < -0.39 is 11.7 Å². The number of hydrogen-bond acceptors (Lipinski definition) is 7. The summed E-state index contributed by atoms with van der Waals surface area (Å²) in [7, 11) is 0. The highest BCUT2D eigenvalue weighted by Gasteiger charge is 2.21. The Hall–Kier alpha value is -2.79. The summed E-state index contributed by atoms with van der Waals surface area (Å²) in [6.07, 6.45) is 0. The summed E-state index contributed by atoms with van der Waals surface area (Å²) in [6, 6.07) is 13.6. The molecule has 1 amide bonds. The molecule has 2 heterocycles. The minimum atomic E-state index is -0.411. The van der Waals surface area contributed by atoms with Crippen LogP contribution in [0, 0.1) is 5.82 Å². The molecule has 0 unspecified atom stereocenters. The van der Waals surface area contributed by atoms with E-state index >= 15 is 0 Å². The molecule has 2 aromatic carbocycles. The lowest BCUT2D eigenvalue weighted by molar-refractivity contribution is 0.0360. The molecule has 0 saturated carbocycles. The molecule has 2 aromatic heterocycles. The topological polar surface area (TPSA) is 81.9 Å². The van der Waals surface area contributed by atoms with E-state index in [4.69, 9.17) is 16.4 Å². The first-order chi connectivity index (χ1) is 15.6. The fourth-order valence-corrected chi connectivity index (χ4v) is 4.79. The maximum Gasteiger partial charge on any atom is 0.294 e. The van der Waals surface area contributed by atoms with Gasteiger partial charge in [0, 0.05) is 10.9 Å². The van der Waals surface area contributed by atoms with Crippen LogP contribution in [-0.2, 0) is 10.6 Å². The van der Waals surface area contributed by atoms with Crippen LogP contribution < -0.4 is 5.48 Å². The van der Waals surface area contributed by atoms with Crippen LogP contribution in [0.3, 0.4) is 0 Å². The van der Waals surface area contributed by atoms with E-state index in [-0.39, 0.29) is 5.69 Å². The van der Waals surface area contributed by atoms with Crippen LogP contribution >= 0.6 is 34.7 Å². The van der Waals surface area contributed by atoms with Crippen LogP contribution in [-0.4, -0.2) is 32.3 Å². The van der Waals surface area contributed by atoms with Crippen molar-refractivity contribution >= 4 is 40.6 Å². The summed E-state index contributed by atoms with van der Waals surface area (Å²) in [5.41, 5.74) is 3.54. The number of thiazole rings is 1. The van der Waals surface area contributed by atoms with Gasteiger partial charge in [0.25, 0.3) is 5.91 Å². The Morgan fingerprint density at radius 3 is 2.78 bits per heavy atom. The summed E-state index contributed by atoms with van der Waals surface area (Å²) in [5.74, 6) is 0.0300. The number of nitrogens with zero attached hydrogens (tertiary/aromatic N) is 4. The number of carbonyl (C=O) groups excluding carboxylic acids is 1. The van der Waals surface area contributed by atoms with E-state index in [2.05, 4.69) is 20.7 Å². The number of thioether (sulfide) groups is 1. The molecule has 32 heavy (non-hydrogen) atoms. The number of nitrogens with one attached hydrogen (secondary N) is 1.